The summed E-state index contributed by atoms with van der Waals surface area (Å²) < 4.78 is 10.6. The minimum absolute atomic E-state index is 0.0909. The number of ether oxygens (including phenoxy) is 2. The fraction of sp³-hybridized carbons (Fsp3) is 0.500. The molecule has 1 amide bonds. The van der Waals surface area contributed by atoms with Crippen LogP contribution < -0.4 is 19.9 Å². The summed E-state index contributed by atoms with van der Waals surface area (Å²) >= 11 is 0. The molecular weight excluding hydrogens is 384 g/mol. The number of hydrogen-bond donors (Lipinski definition) is 1. The lowest BCUT2D eigenvalue weighted by atomic mass is 9.99. The van der Waals surface area contributed by atoms with Crippen LogP contribution in [-0.4, -0.2) is 54.6 Å². The summed E-state index contributed by atoms with van der Waals surface area (Å²) in [6, 6.07) is 5.13. The number of benzene rings is 1. The molecule has 0 atom stereocenters. The first-order valence-electron chi connectivity index (χ1n) is 10.4. The molecule has 8 nitrogen and oxygen atoms in total. The second-order valence-corrected chi connectivity index (χ2v) is 8.03. The summed E-state index contributed by atoms with van der Waals surface area (Å²) in [7, 11) is 3.10. The zero-order valence-electron chi connectivity index (χ0n) is 17.7. The van der Waals surface area contributed by atoms with Gasteiger partial charge in [0.2, 0.25) is 5.95 Å². The van der Waals surface area contributed by atoms with E-state index in [2.05, 4.69) is 16.8 Å². The summed E-state index contributed by atoms with van der Waals surface area (Å²) in [6.07, 6.45) is 2.67. The number of H-pyrrole nitrogens is 1. The first kappa shape index (κ1) is 20.3. The van der Waals surface area contributed by atoms with E-state index in [1.807, 2.05) is 0 Å². The van der Waals surface area contributed by atoms with Crippen molar-refractivity contribution >= 4 is 11.9 Å². The highest BCUT2D eigenvalue weighted by Gasteiger charge is 2.27. The Morgan fingerprint density at radius 3 is 2.57 bits per heavy atom. The summed E-state index contributed by atoms with van der Waals surface area (Å²) in [6.45, 7) is 4.82. The average molecular weight is 412 g/mol. The van der Waals surface area contributed by atoms with Crippen molar-refractivity contribution in [3.05, 3.63) is 45.4 Å². The molecule has 0 radical (unpaired) electrons. The number of methoxy groups -OCH3 is 2. The molecule has 1 fully saturated rings. The van der Waals surface area contributed by atoms with Crippen LogP contribution in [0.3, 0.4) is 0 Å². The molecule has 3 heterocycles. The van der Waals surface area contributed by atoms with Gasteiger partial charge in [-0.05, 0) is 43.4 Å². The number of nitrogens with one attached hydrogen (secondary N) is 1. The van der Waals surface area contributed by atoms with Crippen molar-refractivity contribution < 1.29 is 14.3 Å². The van der Waals surface area contributed by atoms with Crippen molar-refractivity contribution in [2.45, 2.75) is 32.7 Å². The predicted octanol–water partition coefficient (Wildman–Crippen LogP) is 2.22. The van der Waals surface area contributed by atoms with Gasteiger partial charge in [-0.3, -0.25) is 14.6 Å². The smallest absolute Gasteiger partial charge is 0.255 e. The largest absolute Gasteiger partial charge is 0.493 e. The van der Waals surface area contributed by atoms with E-state index in [0.29, 0.717) is 59.7 Å². The number of carbonyl (C=O) groups excluding carboxylic acids is 1. The number of carbonyl (C=O) groups is 1. The monoisotopic (exact) mass is 412 g/mol. The van der Waals surface area contributed by atoms with Crippen LogP contribution >= 0.6 is 0 Å². The molecule has 2 aromatic rings. The maximum Gasteiger partial charge on any atom is 0.255 e. The van der Waals surface area contributed by atoms with Gasteiger partial charge in [0.15, 0.2) is 11.5 Å². The molecule has 4 rings (SSSR count). The maximum absolute atomic E-state index is 13.1. The molecule has 0 saturated carbocycles. The van der Waals surface area contributed by atoms with Crippen LogP contribution in [0.25, 0.3) is 0 Å². The molecule has 8 heteroatoms. The SMILES string of the molecule is COc1ccc(C(=O)N2CCc3c(nc(N4CCC(C)CC4)[nH]c3=O)C2)cc1OC. The lowest BCUT2D eigenvalue weighted by molar-refractivity contribution is 0.0731. The van der Waals surface area contributed by atoms with Crippen molar-refractivity contribution in [2.75, 3.05) is 38.8 Å². The molecule has 30 heavy (non-hydrogen) atoms. The molecule has 1 aromatic carbocycles. The van der Waals surface area contributed by atoms with Gasteiger partial charge in [0, 0.05) is 30.8 Å². The molecule has 0 spiro atoms. The Bertz CT molecular complexity index is 995. The molecule has 1 saturated heterocycles. The van der Waals surface area contributed by atoms with Gasteiger partial charge in [0.1, 0.15) is 0 Å². The molecule has 1 N–H and O–H groups in total. The van der Waals surface area contributed by atoms with Gasteiger partial charge in [-0.2, -0.15) is 0 Å². The number of hydrogen-bond acceptors (Lipinski definition) is 6. The van der Waals surface area contributed by atoms with Crippen LogP contribution in [0.2, 0.25) is 0 Å². The quantitative estimate of drug-likeness (QED) is 0.829. The molecule has 0 unspecified atom stereocenters. The fourth-order valence-electron chi connectivity index (χ4n) is 4.12. The third-order valence-corrected chi connectivity index (χ3v) is 6.06. The Morgan fingerprint density at radius 1 is 1.13 bits per heavy atom. The molecular formula is C22H28N4O4. The van der Waals surface area contributed by atoms with Crippen LogP contribution in [0.15, 0.2) is 23.0 Å². The van der Waals surface area contributed by atoms with Crippen LogP contribution in [0.5, 0.6) is 11.5 Å². The molecule has 2 aliphatic rings. The van der Waals surface area contributed by atoms with Crippen LogP contribution in [-0.2, 0) is 13.0 Å². The second kappa shape index (κ2) is 8.38. The number of piperidine rings is 1. The lowest BCUT2D eigenvalue weighted by Gasteiger charge is -2.32. The fourth-order valence-corrected chi connectivity index (χ4v) is 4.12. The minimum Gasteiger partial charge on any atom is -0.493 e. The van der Waals surface area contributed by atoms with Gasteiger partial charge in [-0.1, -0.05) is 6.92 Å². The number of nitrogens with zero attached hydrogens (tertiary/aromatic N) is 3. The Labute approximate surface area is 175 Å². The van der Waals surface area contributed by atoms with Crippen molar-refractivity contribution in [2.24, 2.45) is 5.92 Å². The number of rotatable bonds is 4. The highest BCUT2D eigenvalue weighted by molar-refractivity contribution is 5.95. The normalized spacial score (nSPS) is 16.9. The van der Waals surface area contributed by atoms with Crippen molar-refractivity contribution in [3.8, 4) is 11.5 Å². The molecule has 2 aliphatic heterocycles. The summed E-state index contributed by atoms with van der Waals surface area (Å²) in [5.74, 6) is 2.28. The van der Waals surface area contributed by atoms with Crippen molar-refractivity contribution in [1.29, 1.82) is 0 Å². The maximum atomic E-state index is 13.1. The number of aromatic amines is 1. The predicted molar refractivity (Wildman–Crippen MR) is 113 cm³/mol. The zero-order chi connectivity index (χ0) is 21.3. The van der Waals surface area contributed by atoms with Crippen molar-refractivity contribution in [1.82, 2.24) is 14.9 Å². The number of fused-ring (bicyclic) bond motifs is 1. The van der Waals surface area contributed by atoms with E-state index in [9.17, 15) is 9.59 Å². The Morgan fingerprint density at radius 2 is 1.87 bits per heavy atom. The zero-order valence-corrected chi connectivity index (χ0v) is 17.7. The van der Waals surface area contributed by atoms with E-state index < -0.39 is 0 Å². The highest BCUT2D eigenvalue weighted by Crippen LogP contribution is 2.29. The van der Waals surface area contributed by atoms with Crippen LogP contribution in [0, 0.1) is 5.92 Å². The highest BCUT2D eigenvalue weighted by atomic mass is 16.5. The van der Waals surface area contributed by atoms with Crippen LogP contribution in [0.1, 0.15) is 41.4 Å². The topological polar surface area (TPSA) is 87.8 Å². The molecule has 0 bridgehead atoms. The molecule has 160 valence electrons. The van der Waals surface area contributed by atoms with Gasteiger partial charge in [0.25, 0.3) is 11.5 Å². The number of aromatic nitrogens is 2. The standard InChI is InChI=1S/C22H28N4O4/c1-14-6-9-25(10-7-14)22-23-17-13-26(11-8-16(17)20(27)24-22)21(28)15-4-5-18(29-2)19(12-15)30-3/h4-5,12,14H,6-11,13H2,1-3H3,(H,23,24,27). The molecule has 0 aliphatic carbocycles. The minimum atomic E-state index is -0.114. The van der Waals surface area contributed by atoms with Gasteiger partial charge < -0.3 is 19.3 Å². The Balaban J connectivity index is 1.56. The molecule has 1 aromatic heterocycles. The van der Waals surface area contributed by atoms with Crippen LogP contribution in [0.4, 0.5) is 5.95 Å². The van der Waals surface area contributed by atoms with Gasteiger partial charge >= 0.3 is 0 Å². The first-order valence-corrected chi connectivity index (χ1v) is 10.4. The van der Waals surface area contributed by atoms with Gasteiger partial charge in [-0.15, -0.1) is 0 Å². The number of anilines is 1. The first-order chi connectivity index (χ1) is 14.5. The number of amides is 1. The summed E-state index contributed by atoms with van der Waals surface area (Å²) in [5, 5.41) is 0. The van der Waals surface area contributed by atoms with E-state index in [-0.39, 0.29) is 11.5 Å². The van der Waals surface area contributed by atoms with E-state index >= 15 is 0 Å². The van der Waals surface area contributed by atoms with E-state index in [1.54, 1.807) is 37.3 Å². The summed E-state index contributed by atoms with van der Waals surface area (Å²) in [5.41, 5.74) is 1.80. The Hall–Kier alpha value is -3.03. The second-order valence-electron chi connectivity index (χ2n) is 8.03. The van der Waals surface area contributed by atoms with E-state index in [1.165, 1.54) is 0 Å². The summed E-state index contributed by atoms with van der Waals surface area (Å²) in [4.78, 5) is 37.3. The van der Waals surface area contributed by atoms with E-state index in [0.717, 1.165) is 25.9 Å². The van der Waals surface area contributed by atoms with Gasteiger partial charge in [0.05, 0.1) is 26.5 Å². The average Bonchev–Trinajstić information content (AvgIpc) is 2.78. The van der Waals surface area contributed by atoms with Crippen molar-refractivity contribution in [3.63, 3.8) is 0 Å². The van der Waals surface area contributed by atoms with E-state index in [4.69, 9.17) is 14.5 Å². The third kappa shape index (κ3) is 3.86. The lowest BCUT2D eigenvalue weighted by Crippen LogP contribution is -2.41. The van der Waals surface area contributed by atoms with Gasteiger partial charge in [-0.25, -0.2) is 4.98 Å². The Kier molecular flexibility index (Phi) is 5.65. The third-order valence-electron chi connectivity index (χ3n) is 6.06.